The van der Waals surface area contributed by atoms with Gasteiger partial charge in [-0.3, -0.25) is 0 Å². The molecule has 4 nitrogen and oxygen atoms in total. The Morgan fingerprint density at radius 3 is 1.40 bits per heavy atom. The van der Waals surface area contributed by atoms with E-state index in [1.54, 1.807) is 12.4 Å². The van der Waals surface area contributed by atoms with Gasteiger partial charge in [0.25, 0.3) is 0 Å². The molecule has 0 atom stereocenters. The Morgan fingerprint density at radius 2 is 0.812 bits per heavy atom. The van der Waals surface area contributed by atoms with Crippen LogP contribution in [0.5, 0.6) is 0 Å². The Hall–Kier alpha value is -6.52. The first-order chi connectivity index (χ1) is 23.8. The summed E-state index contributed by atoms with van der Waals surface area (Å²) < 4.78 is 11.4. The number of nitrogens with zero attached hydrogens (tertiary/aromatic N) is 2. The molecule has 2 aromatic heterocycles. The van der Waals surface area contributed by atoms with Gasteiger partial charge in [-0.15, -0.1) is 0 Å². The van der Waals surface area contributed by atoms with Crippen LogP contribution in [0, 0.1) is 0 Å². The monoisotopic (exact) mass is 616 g/mol. The van der Waals surface area contributed by atoms with Crippen LogP contribution in [0.4, 0.5) is 0 Å². The Labute approximate surface area is 277 Å². The number of hydrogen-bond donors (Lipinski definition) is 0. The number of hydrogen-bond acceptors (Lipinski definition) is 4. The summed E-state index contributed by atoms with van der Waals surface area (Å²) >= 11 is 0. The Bertz CT molecular complexity index is 2550. The lowest BCUT2D eigenvalue weighted by atomic mass is 9.83. The van der Waals surface area contributed by atoms with Crippen molar-refractivity contribution in [3.8, 4) is 67.2 Å². The van der Waals surface area contributed by atoms with Crippen molar-refractivity contribution in [1.29, 1.82) is 0 Å². The van der Waals surface area contributed by atoms with Crippen LogP contribution in [0.15, 0.2) is 180 Å². The van der Waals surface area contributed by atoms with Gasteiger partial charge >= 0.3 is 0 Å². The second-order valence-electron chi connectivity index (χ2n) is 11.9. The van der Waals surface area contributed by atoms with Crippen molar-refractivity contribution in [3.63, 3.8) is 0 Å². The average molecular weight is 617 g/mol. The maximum Gasteiger partial charge on any atom is 0.181 e. The molecule has 0 aliphatic carbocycles. The van der Waals surface area contributed by atoms with E-state index in [9.17, 15) is 0 Å². The first-order valence-electron chi connectivity index (χ1n) is 15.9. The highest BCUT2D eigenvalue weighted by Crippen LogP contribution is 2.46. The van der Waals surface area contributed by atoms with Gasteiger partial charge in [0.1, 0.15) is 0 Å². The molecule has 0 spiro atoms. The number of benzene rings is 7. The van der Waals surface area contributed by atoms with Gasteiger partial charge in [0, 0.05) is 11.1 Å². The Balaban J connectivity index is 1.36. The summed E-state index contributed by atoms with van der Waals surface area (Å²) in [5, 5.41) is 4.69. The minimum Gasteiger partial charge on any atom is -0.444 e. The fourth-order valence-electron chi connectivity index (χ4n) is 6.94. The van der Waals surface area contributed by atoms with E-state index in [0.717, 1.165) is 39.3 Å². The molecular weight excluding hydrogens is 588 g/mol. The lowest BCUT2D eigenvalue weighted by molar-refractivity contribution is 0.571. The van der Waals surface area contributed by atoms with Gasteiger partial charge in [-0.1, -0.05) is 127 Å². The third-order valence-electron chi connectivity index (χ3n) is 9.08. The quantitative estimate of drug-likeness (QED) is 0.174. The molecular formula is C44H28N2O2. The van der Waals surface area contributed by atoms with Gasteiger partial charge in [0.2, 0.25) is 0 Å². The normalized spacial score (nSPS) is 11.3. The molecule has 0 saturated heterocycles. The fourth-order valence-corrected chi connectivity index (χ4v) is 6.94. The van der Waals surface area contributed by atoms with Crippen LogP contribution in [0.25, 0.3) is 88.7 Å². The molecule has 0 aliphatic heterocycles. The van der Waals surface area contributed by atoms with Crippen LogP contribution < -0.4 is 0 Å². The molecule has 48 heavy (non-hydrogen) atoms. The van der Waals surface area contributed by atoms with Crippen LogP contribution >= 0.6 is 0 Å². The summed E-state index contributed by atoms with van der Waals surface area (Å²) in [5.41, 5.74) is 11.3. The summed E-state index contributed by atoms with van der Waals surface area (Å²) in [6.07, 6.45) is 6.48. The van der Waals surface area contributed by atoms with Gasteiger partial charge in [-0.25, -0.2) is 9.97 Å². The zero-order chi connectivity index (χ0) is 31.9. The molecule has 0 amide bonds. The molecule has 0 unspecified atom stereocenters. The van der Waals surface area contributed by atoms with E-state index in [4.69, 9.17) is 8.83 Å². The molecule has 226 valence electrons. The maximum absolute atomic E-state index is 5.71. The van der Waals surface area contributed by atoms with Crippen molar-refractivity contribution < 1.29 is 8.83 Å². The van der Waals surface area contributed by atoms with Crippen molar-refractivity contribution in [1.82, 2.24) is 9.97 Å². The Kier molecular flexibility index (Phi) is 6.76. The van der Waals surface area contributed by atoms with Gasteiger partial charge in [-0.2, -0.15) is 0 Å². The molecule has 9 rings (SSSR count). The van der Waals surface area contributed by atoms with E-state index in [2.05, 4.69) is 156 Å². The minimum absolute atomic E-state index is 0.740. The van der Waals surface area contributed by atoms with E-state index >= 15 is 0 Å². The van der Waals surface area contributed by atoms with Crippen molar-refractivity contribution >= 4 is 21.5 Å². The van der Waals surface area contributed by atoms with E-state index in [1.807, 2.05) is 0 Å². The van der Waals surface area contributed by atoms with Crippen LogP contribution in [0.1, 0.15) is 0 Å². The molecule has 0 radical (unpaired) electrons. The van der Waals surface area contributed by atoms with Crippen molar-refractivity contribution in [2.45, 2.75) is 0 Å². The average Bonchev–Trinajstić information content (AvgIpc) is 3.90. The molecule has 0 bridgehead atoms. The summed E-state index contributed by atoms with van der Waals surface area (Å²) in [4.78, 5) is 8.33. The number of oxazole rings is 2. The van der Waals surface area contributed by atoms with Gasteiger partial charge < -0.3 is 8.83 Å². The SMILES string of the molecule is c1ccc(-c2ccccc2-c2ccc3c(-c4cccc(-c5cnco5)c4)c4ccccc4c(-c4cccc(-c5cnco5)c4)c3c2)cc1. The lowest BCUT2D eigenvalue weighted by Gasteiger charge is -2.20. The minimum atomic E-state index is 0.740. The number of rotatable bonds is 6. The summed E-state index contributed by atoms with van der Waals surface area (Å²) in [7, 11) is 0. The standard InChI is InChI=1S/C44H28N2O2/c1-2-10-29(11-3-1)35-16-4-5-17-36(35)30-20-21-39-40(24-30)44(34-15-9-13-32(23-34)42-26-46-28-48-42)38-19-7-6-18-37(38)43(39)33-14-8-12-31(22-33)41-25-45-27-47-41/h1-28H. The maximum atomic E-state index is 5.71. The molecule has 0 saturated carbocycles. The largest absolute Gasteiger partial charge is 0.444 e. The molecule has 0 N–H and O–H groups in total. The Morgan fingerprint density at radius 1 is 0.333 bits per heavy atom. The van der Waals surface area contributed by atoms with Crippen molar-refractivity contribution in [3.05, 3.63) is 171 Å². The summed E-state index contributed by atoms with van der Waals surface area (Å²) in [6, 6.07) is 52.0. The van der Waals surface area contributed by atoms with Gasteiger partial charge in [-0.05, 0) is 84.3 Å². The molecule has 7 aromatic carbocycles. The van der Waals surface area contributed by atoms with Gasteiger partial charge in [0.15, 0.2) is 24.3 Å². The number of aromatic nitrogens is 2. The van der Waals surface area contributed by atoms with E-state index < -0.39 is 0 Å². The van der Waals surface area contributed by atoms with Crippen LogP contribution in [-0.2, 0) is 0 Å². The molecule has 0 aliphatic rings. The summed E-state index contributed by atoms with van der Waals surface area (Å²) in [6.45, 7) is 0. The highest BCUT2D eigenvalue weighted by atomic mass is 16.3. The third-order valence-corrected chi connectivity index (χ3v) is 9.08. The van der Waals surface area contributed by atoms with Crippen molar-refractivity contribution in [2.75, 3.05) is 0 Å². The zero-order valence-electron chi connectivity index (χ0n) is 25.9. The second-order valence-corrected chi connectivity index (χ2v) is 11.9. The van der Waals surface area contributed by atoms with E-state index in [-0.39, 0.29) is 0 Å². The fraction of sp³-hybridized carbons (Fsp3) is 0. The van der Waals surface area contributed by atoms with E-state index in [0.29, 0.717) is 0 Å². The van der Waals surface area contributed by atoms with Crippen LogP contribution in [-0.4, -0.2) is 9.97 Å². The molecule has 2 heterocycles. The zero-order valence-corrected chi connectivity index (χ0v) is 25.9. The smallest absolute Gasteiger partial charge is 0.181 e. The van der Waals surface area contributed by atoms with Crippen LogP contribution in [0.2, 0.25) is 0 Å². The van der Waals surface area contributed by atoms with Crippen molar-refractivity contribution in [2.24, 2.45) is 0 Å². The third kappa shape index (κ3) is 4.79. The van der Waals surface area contributed by atoms with E-state index in [1.165, 1.54) is 62.1 Å². The van der Waals surface area contributed by atoms with Gasteiger partial charge in [0.05, 0.1) is 12.4 Å². The molecule has 9 aromatic rings. The lowest BCUT2D eigenvalue weighted by Crippen LogP contribution is -1.93. The predicted molar refractivity (Wildman–Crippen MR) is 194 cm³/mol. The second kappa shape index (κ2) is 11.7. The van der Waals surface area contributed by atoms with Crippen LogP contribution in [0.3, 0.4) is 0 Å². The topological polar surface area (TPSA) is 52.1 Å². The molecule has 0 fully saturated rings. The first kappa shape index (κ1) is 27.8. The highest BCUT2D eigenvalue weighted by Gasteiger charge is 2.19. The number of fused-ring (bicyclic) bond motifs is 2. The first-order valence-corrected chi connectivity index (χ1v) is 15.9. The summed E-state index contributed by atoms with van der Waals surface area (Å²) in [5.74, 6) is 1.48. The molecule has 4 heteroatoms. The predicted octanol–water partition coefficient (Wildman–Crippen LogP) is 12.0. The highest BCUT2D eigenvalue weighted by molar-refractivity contribution is 6.22.